The number of thioether (sulfide) groups is 1. The van der Waals surface area contributed by atoms with Gasteiger partial charge >= 0.3 is 0 Å². The average molecular weight is 302 g/mol. The standard InChI is InChI=1S/C16H18N2O2S/c1-3-21-15-7-5-4-6-14(15)18-16(19)11-8-12(17)10-13(9-11)20-2/h4-10H,3,17H2,1-2H3,(H,18,19). The van der Waals surface area contributed by atoms with Gasteiger partial charge in [-0.3, -0.25) is 4.79 Å². The molecule has 0 unspecified atom stereocenters. The summed E-state index contributed by atoms with van der Waals surface area (Å²) < 4.78 is 5.13. The van der Waals surface area contributed by atoms with Crippen LogP contribution in [-0.2, 0) is 0 Å². The summed E-state index contributed by atoms with van der Waals surface area (Å²) in [4.78, 5) is 13.4. The first-order valence-corrected chi connectivity index (χ1v) is 7.60. The minimum absolute atomic E-state index is 0.204. The van der Waals surface area contributed by atoms with Crippen molar-refractivity contribution in [2.45, 2.75) is 11.8 Å². The predicted molar refractivity (Wildman–Crippen MR) is 88.2 cm³/mol. The van der Waals surface area contributed by atoms with Crippen molar-refractivity contribution < 1.29 is 9.53 Å². The summed E-state index contributed by atoms with van der Waals surface area (Å²) in [5.74, 6) is 1.31. The number of para-hydroxylation sites is 1. The third kappa shape index (κ3) is 3.92. The number of benzene rings is 2. The molecule has 4 nitrogen and oxygen atoms in total. The van der Waals surface area contributed by atoms with E-state index >= 15 is 0 Å². The van der Waals surface area contributed by atoms with Crippen LogP contribution in [0.25, 0.3) is 0 Å². The van der Waals surface area contributed by atoms with Crippen LogP contribution >= 0.6 is 11.8 Å². The van der Waals surface area contributed by atoms with E-state index in [9.17, 15) is 4.79 Å². The molecule has 0 aliphatic carbocycles. The summed E-state index contributed by atoms with van der Waals surface area (Å²) in [6.45, 7) is 2.08. The van der Waals surface area contributed by atoms with Crippen molar-refractivity contribution in [2.24, 2.45) is 0 Å². The third-order valence-corrected chi connectivity index (χ3v) is 3.82. The van der Waals surface area contributed by atoms with Gasteiger partial charge < -0.3 is 15.8 Å². The molecule has 1 amide bonds. The van der Waals surface area contributed by atoms with Crippen LogP contribution in [0.4, 0.5) is 11.4 Å². The fourth-order valence-corrected chi connectivity index (χ4v) is 2.68. The Kier molecular flexibility index (Phi) is 5.11. The van der Waals surface area contributed by atoms with Gasteiger partial charge in [0.15, 0.2) is 0 Å². The van der Waals surface area contributed by atoms with E-state index in [2.05, 4.69) is 12.2 Å². The number of amides is 1. The first kappa shape index (κ1) is 15.3. The van der Waals surface area contributed by atoms with Gasteiger partial charge in [-0.05, 0) is 30.0 Å². The van der Waals surface area contributed by atoms with Crippen molar-refractivity contribution in [1.29, 1.82) is 0 Å². The second-order valence-electron chi connectivity index (χ2n) is 4.38. The van der Waals surface area contributed by atoms with Gasteiger partial charge in [-0.25, -0.2) is 0 Å². The predicted octanol–water partition coefficient (Wildman–Crippen LogP) is 3.64. The van der Waals surface area contributed by atoms with Crippen molar-refractivity contribution in [3.05, 3.63) is 48.0 Å². The lowest BCUT2D eigenvalue weighted by Gasteiger charge is -2.11. The summed E-state index contributed by atoms with van der Waals surface area (Å²) in [6, 6.07) is 12.7. The summed E-state index contributed by atoms with van der Waals surface area (Å²) in [5, 5.41) is 2.92. The molecular formula is C16H18N2O2S. The molecule has 0 saturated carbocycles. The minimum atomic E-state index is -0.204. The first-order valence-electron chi connectivity index (χ1n) is 6.61. The number of nitrogens with one attached hydrogen (secondary N) is 1. The van der Waals surface area contributed by atoms with Gasteiger partial charge in [-0.15, -0.1) is 11.8 Å². The van der Waals surface area contributed by atoms with E-state index in [4.69, 9.17) is 10.5 Å². The highest BCUT2D eigenvalue weighted by molar-refractivity contribution is 7.99. The van der Waals surface area contributed by atoms with E-state index in [1.807, 2.05) is 24.3 Å². The molecule has 0 fully saturated rings. The molecule has 0 aliphatic heterocycles. The summed E-state index contributed by atoms with van der Waals surface area (Å²) >= 11 is 1.69. The molecule has 3 N–H and O–H groups in total. The number of hydrogen-bond donors (Lipinski definition) is 2. The molecule has 21 heavy (non-hydrogen) atoms. The highest BCUT2D eigenvalue weighted by atomic mass is 32.2. The Morgan fingerprint density at radius 1 is 1.29 bits per heavy atom. The minimum Gasteiger partial charge on any atom is -0.497 e. The number of anilines is 2. The molecule has 5 heteroatoms. The second kappa shape index (κ2) is 7.04. The number of nitrogens with two attached hydrogens (primary N) is 1. The number of nitrogen functional groups attached to an aromatic ring is 1. The topological polar surface area (TPSA) is 64.4 Å². The lowest BCUT2D eigenvalue weighted by molar-refractivity contribution is 0.102. The molecular weight excluding hydrogens is 284 g/mol. The molecule has 0 saturated heterocycles. The third-order valence-electron chi connectivity index (χ3n) is 2.86. The average Bonchev–Trinajstić information content (AvgIpc) is 2.48. The quantitative estimate of drug-likeness (QED) is 0.654. The van der Waals surface area contributed by atoms with Gasteiger partial charge in [0.2, 0.25) is 0 Å². The monoisotopic (exact) mass is 302 g/mol. The van der Waals surface area contributed by atoms with E-state index in [1.165, 1.54) is 0 Å². The summed E-state index contributed by atoms with van der Waals surface area (Å²) in [5.41, 5.74) is 7.55. The molecule has 110 valence electrons. The number of carbonyl (C=O) groups excluding carboxylic acids is 1. The molecule has 0 radical (unpaired) electrons. The van der Waals surface area contributed by atoms with Crippen LogP contribution in [-0.4, -0.2) is 18.8 Å². The molecule has 0 aliphatic rings. The Morgan fingerprint density at radius 2 is 2.05 bits per heavy atom. The van der Waals surface area contributed by atoms with Crippen LogP contribution in [0.1, 0.15) is 17.3 Å². The molecule has 2 rings (SSSR count). The molecule has 0 heterocycles. The zero-order valence-electron chi connectivity index (χ0n) is 12.1. The van der Waals surface area contributed by atoms with Crippen molar-refractivity contribution in [1.82, 2.24) is 0 Å². The lowest BCUT2D eigenvalue weighted by Crippen LogP contribution is -2.13. The molecule has 0 spiro atoms. The van der Waals surface area contributed by atoms with E-state index in [1.54, 1.807) is 37.1 Å². The molecule has 0 aromatic heterocycles. The largest absolute Gasteiger partial charge is 0.497 e. The number of methoxy groups -OCH3 is 1. The molecule has 2 aromatic rings. The van der Waals surface area contributed by atoms with Gasteiger partial charge in [0.1, 0.15) is 5.75 Å². The summed E-state index contributed by atoms with van der Waals surface area (Å²) in [6.07, 6.45) is 0. The van der Waals surface area contributed by atoms with Gasteiger partial charge in [0, 0.05) is 22.2 Å². The van der Waals surface area contributed by atoms with Crippen molar-refractivity contribution in [3.8, 4) is 5.75 Å². The van der Waals surface area contributed by atoms with Crippen LogP contribution in [0.5, 0.6) is 5.75 Å². The Bertz CT molecular complexity index is 644. The van der Waals surface area contributed by atoms with Crippen LogP contribution in [0.15, 0.2) is 47.4 Å². The van der Waals surface area contributed by atoms with Gasteiger partial charge in [-0.1, -0.05) is 19.1 Å². The Hall–Kier alpha value is -2.14. The van der Waals surface area contributed by atoms with E-state index in [0.29, 0.717) is 17.0 Å². The fourth-order valence-electron chi connectivity index (χ4n) is 1.92. The lowest BCUT2D eigenvalue weighted by atomic mass is 10.1. The van der Waals surface area contributed by atoms with Crippen molar-refractivity contribution in [3.63, 3.8) is 0 Å². The number of rotatable bonds is 5. The normalized spacial score (nSPS) is 10.2. The SMILES string of the molecule is CCSc1ccccc1NC(=O)c1cc(N)cc(OC)c1. The van der Waals surface area contributed by atoms with Crippen LogP contribution in [0.2, 0.25) is 0 Å². The smallest absolute Gasteiger partial charge is 0.255 e. The summed E-state index contributed by atoms with van der Waals surface area (Å²) in [7, 11) is 1.55. The molecule has 0 bridgehead atoms. The maximum absolute atomic E-state index is 12.4. The van der Waals surface area contributed by atoms with Gasteiger partial charge in [0.05, 0.1) is 12.8 Å². The number of ether oxygens (including phenoxy) is 1. The Morgan fingerprint density at radius 3 is 2.76 bits per heavy atom. The van der Waals surface area contributed by atoms with Crippen LogP contribution in [0, 0.1) is 0 Å². The highest BCUT2D eigenvalue weighted by Crippen LogP contribution is 2.27. The second-order valence-corrected chi connectivity index (χ2v) is 5.68. The zero-order valence-corrected chi connectivity index (χ0v) is 12.9. The van der Waals surface area contributed by atoms with Crippen LogP contribution < -0.4 is 15.8 Å². The molecule has 0 atom stereocenters. The Balaban J connectivity index is 2.24. The van der Waals surface area contributed by atoms with Crippen molar-refractivity contribution in [2.75, 3.05) is 23.9 Å². The number of hydrogen-bond acceptors (Lipinski definition) is 4. The van der Waals surface area contributed by atoms with Crippen LogP contribution in [0.3, 0.4) is 0 Å². The maximum Gasteiger partial charge on any atom is 0.255 e. The van der Waals surface area contributed by atoms with Gasteiger partial charge in [0.25, 0.3) is 5.91 Å². The van der Waals surface area contributed by atoms with E-state index in [-0.39, 0.29) is 5.91 Å². The maximum atomic E-state index is 12.4. The highest BCUT2D eigenvalue weighted by Gasteiger charge is 2.11. The van der Waals surface area contributed by atoms with E-state index in [0.717, 1.165) is 16.3 Å². The first-order chi connectivity index (χ1) is 10.1. The fraction of sp³-hybridized carbons (Fsp3) is 0.188. The van der Waals surface area contributed by atoms with Gasteiger partial charge in [-0.2, -0.15) is 0 Å². The molecule has 2 aromatic carbocycles. The number of carbonyl (C=O) groups is 1. The van der Waals surface area contributed by atoms with E-state index < -0.39 is 0 Å². The van der Waals surface area contributed by atoms with Crippen molar-refractivity contribution >= 4 is 29.0 Å². The zero-order chi connectivity index (χ0) is 15.2. The Labute approximate surface area is 128 Å².